The van der Waals surface area contributed by atoms with Crippen LogP contribution in [0.3, 0.4) is 0 Å². The number of aryl methyl sites for hydroxylation is 1. The zero-order valence-electron chi connectivity index (χ0n) is 14.2. The van der Waals surface area contributed by atoms with Crippen molar-refractivity contribution in [1.82, 2.24) is 4.90 Å². The molecule has 1 aromatic heterocycles. The molecule has 1 aromatic carbocycles. The number of furan rings is 1. The Morgan fingerprint density at radius 2 is 1.92 bits per heavy atom. The third-order valence-electron chi connectivity index (χ3n) is 5.02. The van der Waals surface area contributed by atoms with Crippen molar-refractivity contribution in [2.75, 3.05) is 13.1 Å². The van der Waals surface area contributed by atoms with E-state index in [4.69, 9.17) is 32.4 Å². The summed E-state index contributed by atoms with van der Waals surface area (Å²) in [7, 11) is 0. The molecular weight excluding hydrogens is 377 g/mol. The average molecular weight is 394 g/mol. The van der Waals surface area contributed by atoms with E-state index in [0.29, 0.717) is 58.8 Å². The summed E-state index contributed by atoms with van der Waals surface area (Å²) in [5, 5.41) is 0.750. The number of fused-ring (bicyclic) bond motifs is 1. The number of likely N-dealkylation sites (tertiary alicyclic amines) is 1. The van der Waals surface area contributed by atoms with E-state index in [1.807, 2.05) is 0 Å². The number of hydrogen-bond donors (Lipinski definition) is 0. The number of carbonyl (C=O) groups is 2. The standard InChI is InChI=1S/C19H17Cl2NO4/c1-11-2-3-16(25-11)18(24)22-6-4-19(5-7-22)10-15(23)13-8-12(20)9-14(21)17(13)26-19/h2-3,8-9H,4-7,10H2,1H3. The number of ketones is 1. The molecule has 136 valence electrons. The van der Waals surface area contributed by atoms with E-state index in [0.717, 1.165) is 0 Å². The molecule has 1 amide bonds. The molecule has 0 bridgehead atoms. The highest BCUT2D eigenvalue weighted by molar-refractivity contribution is 6.36. The molecule has 3 heterocycles. The first-order valence-corrected chi connectivity index (χ1v) is 9.19. The fraction of sp³-hybridized carbons (Fsp3) is 0.368. The maximum Gasteiger partial charge on any atom is 0.289 e. The molecule has 0 unspecified atom stereocenters. The smallest absolute Gasteiger partial charge is 0.289 e. The van der Waals surface area contributed by atoms with Gasteiger partial charge in [-0.2, -0.15) is 0 Å². The minimum Gasteiger partial charge on any atom is -0.484 e. The molecule has 1 fully saturated rings. The molecule has 26 heavy (non-hydrogen) atoms. The van der Waals surface area contributed by atoms with E-state index in [1.54, 1.807) is 36.1 Å². The second-order valence-corrected chi connectivity index (χ2v) is 7.70. The van der Waals surface area contributed by atoms with Crippen LogP contribution in [0.4, 0.5) is 0 Å². The van der Waals surface area contributed by atoms with E-state index >= 15 is 0 Å². The highest BCUT2D eigenvalue weighted by Gasteiger charge is 2.44. The summed E-state index contributed by atoms with van der Waals surface area (Å²) in [5.74, 6) is 1.27. The van der Waals surface area contributed by atoms with Crippen LogP contribution >= 0.6 is 23.2 Å². The van der Waals surface area contributed by atoms with Crippen molar-refractivity contribution < 1.29 is 18.7 Å². The number of benzene rings is 1. The van der Waals surface area contributed by atoms with Gasteiger partial charge in [-0.05, 0) is 31.2 Å². The summed E-state index contributed by atoms with van der Waals surface area (Å²) in [5.41, 5.74) is -0.199. The zero-order valence-corrected chi connectivity index (χ0v) is 15.7. The number of amides is 1. The van der Waals surface area contributed by atoms with Gasteiger partial charge in [0, 0.05) is 31.0 Å². The SMILES string of the molecule is Cc1ccc(C(=O)N2CCC3(CC2)CC(=O)c2cc(Cl)cc(Cl)c2O3)o1. The van der Waals surface area contributed by atoms with Crippen LogP contribution in [0, 0.1) is 6.92 Å². The Morgan fingerprint density at radius 1 is 1.19 bits per heavy atom. The van der Waals surface area contributed by atoms with Gasteiger partial charge in [-0.15, -0.1) is 0 Å². The van der Waals surface area contributed by atoms with Gasteiger partial charge in [0.1, 0.15) is 17.1 Å². The lowest BCUT2D eigenvalue weighted by Crippen LogP contribution is -2.52. The molecule has 7 heteroatoms. The number of ether oxygens (including phenoxy) is 1. The molecule has 0 saturated carbocycles. The van der Waals surface area contributed by atoms with Gasteiger partial charge in [-0.3, -0.25) is 9.59 Å². The summed E-state index contributed by atoms with van der Waals surface area (Å²) in [6.07, 6.45) is 1.38. The van der Waals surface area contributed by atoms with Gasteiger partial charge in [0.15, 0.2) is 11.5 Å². The van der Waals surface area contributed by atoms with Crippen molar-refractivity contribution in [1.29, 1.82) is 0 Å². The van der Waals surface area contributed by atoms with Crippen LogP contribution in [-0.4, -0.2) is 35.3 Å². The minimum atomic E-state index is -0.628. The van der Waals surface area contributed by atoms with Crippen molar-refractivity contribution in [3.8, 4) is 5.75 Å². The van der Waals surface area contributed by atoms with Crippen LogP contribution in [0.5, 0.6) is 5.75 Å². The molecule has 4 rings (SSSR count). The van der Waals surface area contributed by atoms with Crippen molar-refractivity contribution >= 4 is 34.9 Å². The maximum atomic E-state index is 12.6. The molecule has 1 saturated heterocycles. The van der Waals surface area contributed by atoms with E-state index in [-0.39, 0.29) is 18.1 Å². The lowest BCUT2D eigenvalue weighted by Gasteiger charge is -2.44. The van der Waals surface area contributed by atoms with Crippen molar-refractivity contribution in [2.45, 2.75) is 31.8 Å². The van der Waals surface area contributed by atoms with E-state index in [2.05, 4.69) is 0 Å². The molecule has 1 spiro atoms. The Morgan fingerprint density at radius 3 is 2.58 bits per heavy atom. The highest BCUT2D eigenvalue weighted by Crippen LogP contribution is 2.44. The summed E-state index contributed by atoms with van der Waals surface area (Å²) >= 11 is 12.2. The van der Waals surface area contributed by atoms with E-state index in [1.165, 1.54) is 0 Å². The van der Waals surface area contributed by atoms with Gasteiger partial charge in [0.2, 0.25) is 0 Å². The molecule has 2 aromatic rings. The number of Topliss-reactive ketones (excluding diaryl/α,β-unsaturated/α-hetero) is 1. The van der Waals surface area contributed by atoms with Crippen molar-refractivity contribution in [3.63, 3.8) is 0 Å². The number of carbonyl (C=O) groups excluding carboxylic acids is 2. The van der Waals surface area contributed by atoms with E-state index < -0.39 is 5.60 Å². The second kappa shape index (κ2) is 6.32. The van der Waals surface area contributed by atoms with Gasteiger partial charge in [-0.1, -0.05) is 23.2 Å². The average Bonchev–Trinajstić information content (AvgIpc) is 3.03. The van der Waals surface area contributed by atoms with Gasteiger partial charge in [-0.25, -0.2) is 0 Å². The molecule has 0 radical (unpaired) electrons. The van der Waals surface area contributed by atoms with Gasteiger partial charge in [0.25, 0.3) is 5.91 Å². The zero-order chi connectivity index (χ0) is 18.5. The Hall–Kier alpha value is -1.98. The lowest BCUT2D eigenvalue weighted by atomic mass is 9.82. The number of piperidine rings is 1. The van der Waals surface area contributed by atoms with Crippen LogP contribution in [-0.2, 0) is 0 Å². The third kappa shape index (κ3) is 2.99. The second-order valence-electron chi connectivity index (χ2n) is 6.85. The molecule has 5 nitrogen and oxygen atoms in total. The van der Waals surface area contributed by atoms with Crippen molar-refractivity contribution in [3.05, 3.63) is 51.4 Å². The van der Waals surface area contributed by atoms with Crippen LogP contribution in [0.15, 0.2) is 28.7 Å². The minimum absolute atomic E-state index is 0.0305. The predicted octanol–water partition coefficient (Wildman–Crippen LogP) is 4.54. The normalized spacial score (nSPS) is 18.6. The van der Waals surface area contributed by atoms with E-state index in [9.17, 15) is 9.59 Å². The number of hydrogen-bond acceptors (Lipinski definition) is 4. The first-order valence-electron chi connectivity index (χ1n) is 8.44. The van der Waals surface area contributed by atoms with Gasteiger partial charge < -0.3 is 14.1 Å². The van der Waals surface area contributed by atoms with Crippen LogP contribution in [0.25, 0.3) is 0 Å². The largest absolute Gasteiger partial charge is 0.484 e. The summed E-state index contributed by atoms with van der Waals surface area (Å²) in [6.45, 7) is 2.79. The predicted molar refractivity (Wildman–Crippen MR) is 97.4 cm³/mol. The lowest BCUT2D eigenvalue weighted by molar-refractivity contribution is -0.00639. The number of rotatable bonds is 1. The van der Waals surface area contributed by atoms with Gasteiger partial charge >= 0.3 is 0 Å². The molecule has 2 aliphatic rings. The highest BCUT2D eigenvalue weighted by atomic mass is 35.5. The first-order chi connectivity index (χ1) is 12.4. The van der Waals surface area contributed by atoms with Crippen molar-refractivity contribution in [2.24, 2.45) is 0 Å². The molecule has 0 N–H and O–H groups in total. The monoisotopic (exact) mass is 393 g/mol. The van der Waals surface area contributed by atoms with Crippen LogP contribution < -0.4 is 4.74 Å². The Balaban J connectivity index is 1.52. The molecule has 2 aliphatic heterocycles. The quantitative estimate of drug-likeness (QED) is 0.713. The third-order valence-corrected chi connectivity index (χ3v) is 5.52. The first kappa shape index (κ1) is 17.4. The Labute approximate surface area is 160 Å². The molecule has 0 aliphatic carbocycles. The van der Waals surface area contributed by atoms with Gasteiger partial charge in [0.05, 0.1) is 17.0 Å². The number of nitrogens with zero attached hydrogens (tertiary/aromatic N) is 1. The van der Waals surface area contributed by atoms with Crippen LogP contribution in [0.2, 0.25) is 10.0 Å². The summed E-state index contributed by atoms with van der Waals surface area (Å²) in [6, 6.07) is 6.62. The maximum absolute atomic E-state index is 12.6. The molecule has 0 atom stereocenters. The Kier molecular flexibility index (Phi) is 4.24. The van der Waals surface area contributed by atoms with Crippen LogP contribution in [0.1, 0.15) is 45.9 Å². The topological polar surface area (TPSA) is 59.8 Å². The summed E-state index contributed by atoms with van der Waals surface area (Å²) in [4.78, 5) is 26.9. The fourth-order valence-corrected chi connectivity index (χ4v) is 4.15. The summed E-state index contributed by atoms with van der Waals surface area (Å²) < 4.78 is 11.6. The fourth-order valence-electron chi connectivity index (χ4n) is 3.61. The Bertz CT molecular complexity index is 897. The number of halogens is 2. The molecular formula is C19H17Cl2NO4.